The van der Waals surface area contributed by atoms with Crippen LogP contribution in [0.2, 0.25) is 0 Å². The third-order valence-electron chi connectivity index (χ3n) is 4.72. The first kappa shape index (κ1) is 21.0. The lowest BCUT2D eigenvalue weighted by molar-refractivity contribution is -0.384. The second-order valence-electron chi connectivity index (χ2n) is 6.99. The number of non-ortho nitro benzene ring substituents is 1. The number of esters is 1. The molecule has 0 unspecified atom stereocenters. The minimum atomic E-state index is -1.06. The lowest BCUT2D eigenvalue weighted by Gasteiger charge is -2.28. The summed E-state index contributed by atoms with van der Waals surface area (Å²) in [5, 5.41) is 11.0. The second kappa shape index (κ2) is 8.32. The molecule has 9 heteroatoms. The first-order chi connectivity index (χ1) is 14.2. The highest BCUT2D eigenvalue weighted by molar-refractivity contribution is 6.03. The van der Waals surface area contributed by atoms with Crippen molar-refractivity contribution < 1.29 is 28.8 Å². The number of nitrogens with zero attached hydrogens (tertiary/aromatic N) is 2. The van der Waals surface area contributed by atoms with Gasteiger partial charge in [-0.15, -0.1) is 0 Å². The minimum Gasteiger partial charge on any atom is -0.482 e. The largest absolute Gasteiger partial charge is 0.482 e. The summed E-state index contributed by atoms with van der Waals surface area (Å²) in [6.45, 7) is 4.29. The Hall–Kier alpha value is -3.75. The third kappa shape index (κ3) is 4.29. The number of nitro benzene ring substituents is 1. The number of amides is 1. The molecule has 0 N–H and O–H groups in total. The first-order valence-corrected chi connectivity index (χ1v) is 9.20. The summed E-state index contributed by atoms with van der Waals surface area (Å²) in [5.74, 6) is -1.47. The molecule has 30 heavy (non-hydrogen) atoms. The number of hydrogen-bond donors (Lipinski definition) is 0. The zero-order chi connectivity index (χ0) is 22.0. The molecule has 9 nitrogen and oxygen atoms in total. The lowest BCUT2D eigenvalue weighted by atomic mass is 9.99. The van der Waals surface area contributed by atoms with E-state index in [2.05, 4.69) is 0 Å². The van der Waals surface area contributed by atoms with Gasteiger partial charge in [0.15, 0.2) is 12.7 Å². The Kier molecular flexibility index (Phi) is 5.81. The highest BCUT2D eigenvalue weighted by Crippen LogP contribution is 2.35. The molecule has 1 aliphatic rings. The molecular formula is C21H20N2O7. The predicted octanol–water partition coefficient (Wildman–Crippen LogP) is 2.75. The van der Waals surface area contributed by atoms with Crippen LogP contribution in [0.3, 0.4) is 0 Å². The van der Waals surface area contributed by atoms with E-state index in [-0.39, 0.29) is 29.5 Å². The Balaban J connectivity index is 1.75. The number of fused-ring (bicyclic) bond motifs is 1. The second-order valence-corrected chi connectivity index (χ2v) is 6.99. The van der Waals surface area contributed by atoms with Crippen LogP contribution in [0.25, 0.3) is 0 Å². The molecule has 0 saturated heterocycles. The van der Waals surface area contributed by atoms with Crippen molar-refractivity contribution >= 4 is 29.0 Å². The normalized spacial score (nSPS) is 13.8. The van der Waals surface area contributed by atoms with Gasteiger partial charge in [-0.05, 0) is 38.5 Å². The average Bonchev–Trinajstić information content (AvgIpc) is 2.70. The van der Waals surface area contributed by atoms with Crippen LogP contribution >= 0.6 is 0 Å². The number of anilines is 1. The van der Waals surface area contributed by atoms with Gasteiger partial charge >= 0.3 is 5.97 Å². The van der Waals surface area contributed by atoms with Gasteiger partial charge in [-0.25, -0.2) is 0 Å². The van der Waals surface area contributed by atoms with Gasteiger partial charge in [0.1, 0.15) is 12.3 Å². The van der Waals surface area contributed by atoms with Crippen molar-refractivity contribution in [3.63, 3.8) is 0 Å². The van der Waals surface area contributed by atoms with Crippen LogP contribution < -0.4 is 9.64 Å². The molecule has 0 saturated carbocycles. The quantitative estimate of drug-likeness (QED) is 0.310. The Morgan fingerprint density at radius 2 is 1.97 bits per heavy atom. The maximum absolute atomic E-state index is 12.7. The van der Waals surface area contributed by atoms with Crippen molar-refractivity contribution in [3.05, 3.63) is 63.2 Å². The number of carbonyl (C=O) groups excluding carboxylic acids is 3. The number of benzene rings is 2. The summed E-state index contributed by atoms with van der Waals surface area (Å²) >= 11 is 0. The third-order valence-corrected chi connectivity index (χ3v) is 4.72. The Labute approximate surface area is 172 Å². The smallest absolute Gasteiger partial charge is 0.326 e. The molecular weight excluding hydrogens is 392 g/mol. The molecule has 0 spiro atoms. The number of ether oxygens (including phenoxy) is 2. The van der Waals surface area contributed by atoms with Crippen molar-refractivity contribution in [2.75, 3.05) is 18.1 Å². The summed E-state index contributed by atoms with van der Waals surface area (Å²) in [4.78, 5) is 48.9. The van der Waals surface area contributed by atoms with Gasteiger partial charge < -0.3 is 9.47 Å². The molecule has 3 rings (SSSR count). The number of hydrogen-bond acceptors (Lipinski definition) is 7. The van der Waals surface area contributed by atoms with Crippen LogP contribution in [-0.2, 0) is 14.3 Å². The number of nitro groups is 1. The standard InChI is InChI=1S/C21H20N2O7/c1-12-4-5-13(2)16(8-12)21(26)14(3)30-20(25)10-22-17-9-15(23(27)28)6-7-18(17)29-11-19(22)24/h4-9,14H,10-11H2,1-3H3/t14-/m0/s1. The fourth-order valence-corrected chi connectivity index (χ4v) is 3.11. The van der Waals surface area contributed by atoms with E-state index in [0.29, 0.717) is 5.56 Å². The molecule has 1 aliphatic heterocycles. The highest BCUT2D eigenvalue weighted by atomic mass is 16.6. The van der Waals surface area contributed by atoms with Gasteiger partial charge in [-0.1, -0.05) is 17.7 Å². The van der Waals surface area contributed by atoms with E-state index < -0.39 is 29.4 Å². The van der Waals surface area contributed by atoms with Gasteiger partial charge in [-0.3, -0.25) is 29.4 Å². The molecule has 2 aromatic carbocycles. The molecule has 0 aliphatic carbocycles. The van der Waals surface area contributed by atoms with Crippen LogP contribution in [0, 0.1) is 24.0 Å². The zero-order valence-electron chi connectivity index (χ0n) is 16.7. The number of aryl methyl sites for hydroxylation is 2. The Morgan fingerprint density at radius 1 is 1.23 bits per heavy atom. The number of ketones is 1. The monoisotopic (exact) mass is 412 g/mol. The van der Waals surface area contributed by atoms with Gasteiger partial charge in [0, 0.05) is 17.7 Å². The molecule has 1 amide bonds. The van der Waals surface area contributed by atoms with Gasteiger partial charge in [0.25, 0.3) is 11.6 Å². The molecule has 0 bridgehead atoms. The minimum absolute atomic E-state index is 0.103. The van der Waals surface area contributed by atoms with E-state index in [1.807, 2.05) is 19.1 Å². The SMILES string of the molecule is Cc1ccc(C)c(C(=O)[C@H](C)OC(=O)CN2C(=O)COc3ccc([N+](=O)[O-])cc32)c1. The van der Waals surface area contributed by atoms with E-state index in [1.54, 1.807) is 13.0 Å². The van der Waals surface area contributed by atoms with Crippen molar-refractivity contribution in [2.24, 2.45) is 0 Å². The Morgan fingerprint density at radius 3 is 2.67 bits per heavy atom. The predicted molar refractivity (Wildman–Crippen MR) is 107 cm³/mol. The van der Waals surface area contributed by atoms with E-state index in [0.717, 1.165) is 22.1 Å². The molecule has 156 valence electrons. The molecule has 2 aromatic rings. The van der Waals surface area contributed by atoms with Crippen molar-refractivity contribution in [1.29, 1.82) is 0 Å². The van der Waals surface area contributed by atoms with Crippen LogP contribution in [-0.4, -0.2) is 41.8 Å². The van der Waals surface area contributed by atoms with Crippen molar-refractivity contribution in [3.8, 4) is 5.75 Å². The average molecular weight is 412 g/mol. The van der Waals surface area contributed by atoms with E-state index >= 15 is 0 Å². The van der Waals surface area contributed by atoms with Crippen LogP contribution in [0.15, 0.2) is 36.4 Å². The topological polar surface area (TPSA) is 116 Å². The van der Waals surface area contributed by atoms with Crippen molar-refractivity contribution in [1.82, 2.24) is 0 Å². The van der Waals surface area contributed by atoms with Crippen LogP contribution in [0.5, 0.6) is 5.75 Å². The lowest BCUT2D eigenvalue weighted by Crippen LogP contribution is -2.43. The molecule has 1 heterocycles. The van der Waals surface area contributed by atoms with E-state index in [9.17, 15) is 24.5 Å². The van der Waals surface area contributed by atoms with Crippen molar-refractivity contribution in [2.45, 2.75) is 26.9 Å². The number of carbonyl (C=O) groups is 3. The molecule has 0 aromatic heterocycles. The fraction of sp³-hybridized carbons (Fsp3) is 0.286. The van der Waals surface area contributed by atoms with Gasteiger partial charge in [0.05, 0.1) is 10.6 Å². The molecule has 0 radical (unpaired) electrons. The van der Waals surface area contributed by atoms with Gasteiger partial charge in [0.2, 0.25) is 5.78 Å². The summed E-state index contributed by atoms with van der Waals surface area (Å²) in [5.41, 5.74) is 1.98. The Bertz CT molecular complexity index is 1050. The van der Waals surface area contributed by atoms with Crippen LogP contribution in [0.4, 0.5) is 11.4 Å². The maximum Gasteiger partial charge on any atom is 0.326 e. The molecule has 1 atom stereocenters. The summed E-state index contributed by atoms with van der Waals surface area (Å²) in [7, 11) is 0. The summed E-state index contributed by atoms with van der Waals surface area (Å²) < 4.78 is 10.5. The van der Waals surface area contributed by atoms with E-state index in [1.165, 1.54) is 19.1 Å². The first-order valence-electron chi connectivity index (χ1n) is 9.20. The highest BCUT2D eigenvalue weighted by Gasteiger charge is 2.31. The zero-order valence-corrected chi connectivity index (χ0v) is 16.7. The fourth-order valence-electron chi connectivity index (χ4n) is 3.11. The molecule has 0 fully saturated rings. The number of Topliss-reactive ketones (excluding diaryl/α,β-unsaturated/α-hetero) is 1. The van der Waals surface area contributed by atoms with E-state index in [4.69, 9.17) is 9.47 Å². The maximum atomic E-state index is 12.7. The van der Waals surface area contributed by atoms with Crippen LogP contribution in [0.1, 0.15) is 28.4 Å². The number of rotatable bonds is 6. The summed E-state index contributed by atoms with van der Waals surface area (Å²) in [6, 6.07) is 9.19. The van der Waals surface area contributed by atoms with Gasteiger partial charge in [-0.2, -0.15) is 0 Å². The summed E-state index contributed by atoms with van der Waals surface area (Å²) in [6.07, 6.45) is -1.06.